The third kappa shape index (κ3) is 3.49. The Hall–Kier alpha value is -3.10. The van der Waals surface area contributed by atoms with Gasteiger partial charge in [0.2, 0.25) is 0 Å². The molecule has 2 aliphatic rings. The van der Waals surface area contributed by atoms with Gasteiger partial charge in [0.1, 0.15) is 5.60 Å². The van der Waals surface area contributed by atoms with E-state index in [4.69, 9.17) is 9.47 Å². The van der Waals surface area contributed by atoms with Gasteiger partial charge in [-0.25, -0.2) is 0 Å². The molecule has 0 unspecified atom stereocenters. The van der Waals surface area contributed by atoms with Crippen LogP contribution in [0.25, 0.3) is 5.69 Å². The molecular weight excluding hydrogens is 421 g/mol. The van der Waals surface area contributed by atoms with E-state index in [0.29, 0.717) is 37.6 Å². The molecule has 5 rings (SSSR count). The number of hydrogen-bond donors (Lipinski definition) is 0. The first-order chi connectivity index (χ1) is 15.3. The zero-order valence-corrected chi connectivity index (χ0v) is 17.4. The quantitative estimate of drug-likeness (QED) is 0.597. The molecule has 2 aromatic carbocycles. The highest BCUT2D eigenvalue weighted by Crippen LogP contribution is 2.34. The molecule has 0 spiro atoms. The van der Waals surface area contributed by atoms with Crippen LogP contribution in [-0.2, 0) is 34.3 Å². The van der Waals surface area contributed by atoms with Gasteiger partial charge in [0.05, 0.1) is 18.8 Å². The summed E-state index contributed by atoms with van der Waals surface area (Å²) < 4.78 is 51.0. The molecule has 1 aromatic heterocycles. The number of rotatable bonds is 4. The predicted molar refractivity (Wildman–Crippen MR) is 110 cm³/mol. The third-order valence-corrected chi connectivity index (χ3v) is 6.22. The molecule has 0 bridgehead atoms. The Morgan fingerprint density at radius 2 is 1.56 bits per heavy atom. The van der Waals surface area contributed by atoms with Crippen LogP contribution in [0.4, 0.5) is 13.2 Å². The van der Waals surface area contributed by atoms with Gasteiger partial charge in [-0.1, -0.05) is 12.1 Å². The van der Waals surface area contributed by atoms with Gasteiger partial charge in [0.25, 0.3) is 5.91 Å². The summed E-state index contributed by atoms with van der Waals surface area (Å²) in [5.74, 6) is -0.0647. The molecule has 1 saturated heterocycles. The minimum absolute atomic E-state index is 0.0647. The molecule has 0 saturated carbocycles. The Bertz CT molecular complexity index is 1120. The van der Waals surface area contributed by atoms with Crippen LogP contribution in [0.3, 0.4) is 0 Å². The average Bonchev–Trinajstić information content (AvgIpc) is 3.32. The summed E-state index contributed by atoms with van der Waals surface area (Å²) in [6.45, 7) is 1.92. The first-order valence-corrected chi connectivity index (χ1v) is 10.2. The van der Waals surface area contributed by atoms with Gasteiger partial charge in [-0.2, -0.15) is 13.2 Å². The summed E-state index contributed by atoms with van der Waals surface area (Å²) in [5.41, 5.74) is 3.10. The fourth-order valence-corrected chi connectivity index (χ4v) is 4.19. The first kappa shape index (κ1) is 20.8. The Kier molecular flexibility index (Phi) is 4.87. The van der Waals surface area contributed by atoms with Crippen molar-refractivity contribution in [2.24, 2.45) is 0 Å². The maximum Gasteiger partial charge on any atom is 0.416 e. The summed E-state index contributed by atoms with van der Waals surface area (Å²) in [6.07, 6.45) is -0.619. The van der Waals surface area contributed by atoms with E-state index in [-0.39, 0.29) is 5.91 Å². The van der Waals surface area contributed by atoms with Gasteiger partial charge >= 0.3 is 6.18 Å². The van der Waals surface area contributed by atoms with E-state index in [2.05, 4.69) is 0 Å². The minimum atomic E-state index is -4.36. The first-order valence-electron chi connectivity index (χ1n) is 10.2. The van der Waals surface area contributed by atoms with Crippen LogP contribution < -0.4 is 0 Å². The lowest BCUT2D eigenvalue weighted by Gasteiger charge is -2.40. The SMILES string of the molecule is COC1(c2ccc(C(=O)N3Cc4cn(-c5ccc(C(F)(F)F)cc5)cc4C3)cc2)COC1. The van der Waals surface area contributed by atoms with Gasteiger partial charge in [-0.05, 0) is 53.1 Å². The molecule has 0 atom stereocenters. The van der Waals surface area contributed by atoms with Crippen molar-refractivity contribution in [3.8, 4) is 5.69 Å². The molecule has 2 aliphatic heterocycles. The highest BCUT2D eigenvalue weighted by atomic mass is 19.4. The van der Waals surface area contributed by atoms with Gasteiger partial charge in [0, 0.05) is 43.8 Å². The summed E-state index contributed by atoms with van der Waals surface area (Å²) in [4.78, 5) is 14.7. The summed E-state index contributed by atoms with van der Waals surface area (Å²) in [7, 11) is 1.65. The number of carbonyl (C=O) groups excluding carboxylic acids is 1. The van der Waals surface area contributed by atoms with Crippen LogP contribution in [0.1, 0.15) is 32.6 Å². The largest absolute Gasteiger partial charge is 0.416 e. The number of aromatic nitrogens is 1. The van der Waals surface area contributed by atoms with Crippen LogP contribution in [0.15, 0.2) is 60.9 Å². The third-order valence-electron chi connectivity index (χ3n) is 6.22. The minimum Gasteiger partial charge on any atom is -0.375 e. The van der Waals surface area contributed by atoms with Crippen molar-refractivity contribution < 1.29 is 27.4 Å². The molecule has 3 aromatic rings. The van der Waals surface area contributed by atoms with Crippen molar-refractivity contribution in [3.05, 3.63) is 88.7 Å². The number of benzene rings is 2. The fraction of sp³-hybridized carbons (Fsp3) is 0.292. The highest BCUT2D eigenvalue weighted by molar-refractivity contribution is 5.94. The van der Waals surface area contributed by atoms with Crippen molar-refractivity contribution >= 4 is 5.91 Å². The molecule has 32 heavy (non-hydrogen) atoms. The second-order valence-electron chi connectivity index (χ2n) is 8.19. The number of carbonyl (C=O) groups is 1. The number of alkyl halides is 3. The number of nitrogens with zero attached hydrogens (tertiary/aromatic N) is 2. The Labute approximate surface area is 183 Å². The van der Waals surface area contributed by atoms with Gasteiger partial charge < -0.3 is 18.9 Å². The average molecular weight is 442 g/mol. The molecule has 166 valence electrons. The molecule has 1 fully saturated rings. The maximum absolute atomic E-state index is 13.0. The zero-order valence-electron chi connectivity index (χ0n) is 17.4. The molecule has 0 aliphatic carbocycles. The lowest BCUT2D eigenvalue weighted by atomic mass is 9.91. The van der Waals surface area contributed by atoms with E-state index in [1.807, 2.05) is 36.7 Å². The molecule has 3 heterocycles. The Morgan fingerprint density at radius 1 is 0.969 bits per heavy atom. The lowest BCUT2D eigenvalue weighted by Crippen LogP contribution is -2.48. The van der Waals surface area contributed by atoms with Crippen molar-refractivity contribution in [1.29, 1.82) is 0 Å². The summed E-state index contributed by atoms with van der Waals surface area (Å²) in [5, 5.41) is 0. The molecule has 0 radical (unpaired) electrons. The molecular formula is C24H21F3N2O3. The Morgan fingerprint density at radius 3 is 2.03 bits per heavy atom. The molecule has 8 heteroatoms. The van der Waals surface area contributed by atoms with Gasteiger partial charge in [-0.15, -0.1) is 0 Å². The fourth-order valence-electron chi connectivity index (χ4n) is 4.19. The number of hydrogen-bond acceptors (Lipinski definition) is 3. The van der Waals surface area contributed by atoms with E-state index >= 15 is 0 Å². The van der Waals surface area contributed by atoms with E-state index in [1.54, 1.807) is 16.6 Å². The van der Waals surface area contributed by atoms with E-state index in [9.17, 15) is 18.0 Å². The molecule has 1 amide bonds. The van der Waals surface area contributed by atoms with E-state index in [0.717, 1.165) is 28.8 Å². The van der Waals surface area contributed by atoms with Crippen LogP contribution >= 0.6 is 0 Å². The highest BCUT2D eigenvalue weighted by Gasteiger charge is 2.40. The number of ether oxygens (including phenoxy) is 2. The second kappa shape index (κ2) is 7.50. The second-order valence-corrected chi connectivity index (χ2v) is 8.19. The molecule has 0 N–H and O–H groups in total. The number of halogens is 3. The van der Waals surface area contributed by atoms with Crippen LogP contribution in [0, 0.1) is 0 Å². The smallest absolute Gasteiger partial charge is 0.375 e. The zero-order chi connectivity index (χ0) is 22.5. The Balaban J connectivity index is 1.28. The lowest BCUT2D eigenvalue weighted by molar-refractivity contribution is -0.202. The van der Waals surface area contributed by atoms with Crippen LogP contribution in [0.2, 0.25) is 0 Å². The standard InChI is InChI=1S/C24H21F3N2O3/c1-31-23(14-32-15-23)19-4-2-16(3-5-19)22(30)29-12-17-10-28(11-18(17)13-29)21-8-6-20(7-9-21)24(25,26)27/h2-11H,12-15H2,1H3. The monoisotopic (exact) mass is 442 g/mol. The summed E-state index contributed by atoms with van der Waals surface area (Å²) >= 11 is 0. The van der Waals surface area contributed by atoms with Crippen molar-refractivity contribution in [2.45, 2.75) is 24.9 Å². The van der Waals surface area contributed by atoms with Gasteiger partial charge in [0.15, 0.2) is 0 Å². The van der Waals surface area contributed by atoms with Crippen LogP contribution in [-0.4, -0.2) is 35.7 Å². The maximum atomic E-state index is 13.0. The van der Waals surface area contributed by atoms with Crippen molar-refractivity contribution in [3.63, 3.8) is 0 Å². The van der Waals surface area contributed by atoms with Crippen LogP contribution in [0.5, 0.6) is 0 Å². The number of methoxy groups -OCH3 is 1. The summed E-state index contributed by atoms with van der Waals surface area (Å²) in [6, 6.07) is 12.5. The predicted octanol–water partition coefficient (Wildman–Crippen LogP) is 4.52. The topological polar surface area (TPSA) is 43.7 Å². The molecule has 5 nitrogen and oxygen atoms in total. The van der Waals surface area contributed by atoms with E-state index < -0.39 is 17.3 Å². The number of amides is 1. The number of fused-ring (bicyclic) bond motifs is 1. The van der Waals surface area contributed by atoms with Crippen molar-refractivity contribution in [1.82, 2.24) is 9.47 Å². The van der Waals surface area contributed by atoms with E-state index in [1.165, 1.54) is 12.1 Å². The normalized spacial score (nSPS) is 17.2. The van der Waals surface area contributed by atoms with Crippen molar-refractivity contribution in [2.75, 3.05) is 20.3 Å². The van der Waals surface area contributed by atoms with Gasteiger partial charge in [-0.3, -0.25) is 4.79 Å².